The Labute approximate surface area is 151 Å². The zero-order chi connectivity index (χ0) is 17.7. The van der Waals surface area contributed by atoms with Gasteiger partial charge in [-0.1, -0.05) is 42.1 Å². The molecule has 1 heterocycles. The molecule has 0 unspecified atom stereocenters. The minimum atomic E-state index is -3.56. The molecular weight excluding hydrogens is 354 g/mol. The Morgan fingerprint density at radius 3 is 2.44 bits per heavy atom. The van der Waals surface area contributed by atoms with Crippen molar-refractivity contribution in [3.8, 4) is 0 Å². The van der Waals surface area contributed by atoms with Crippen molar-refractivity contribution < 1.29 is 8.42 Å². The molecule has 0 atom stereocenters. The first-order valence-electron chi connectivity index (χ1n) is 7.53. The maximum absolute atomic E-state index is 12.1. The molecule has 1 aromatic heterocycles. The highest BCUT2D eigenvalue weighted by molar-refractivity contribution is 7.99. The average Bonchev–Trinajstić information content (AvgIpc) is 3.01. The summed E-state index contributed by atoms with van der Waals surface area (Å²) < 4.78 is 28.8. The Balaban J connectivity index is 1.66. The van der Waals surface area contributed by atoms with Crippen molar-refractivity contribution in [2.24, 2.45) is 7.05 Å². The normalized spacial score (nSPS) is 11.7. The van der Waals surface area contributed by atoms with Gasteiger partial charge < -0.3 is 4.57 Å². The molecule has 0 saturated carbocycles. The van der Waals surface area contributed by atoms with E-state index in [0.717, 1.165) is 15.6 Å². The number of aryl methyl sites for hydroxylation is 1. The van der Waals surface area contributed by atoms with E-state index in [0.29, 0.717) is 5.69 Å². The lowest BCUT2D eigenvalue weighted by atomic mass is 10.2. The third kappa shape index (κ3) is 4.98. The molecule has 0 aliphatic rings. The molecule has 0 bridgehead atoms. The first kappa shape index (κ1) is 17.3. The molecule has 0 aliphatic heterocycles. The van der Waals surface area contributed by atoms with Crippen LogP contribution in [-0.4, -0.2) is 18.0 Å². The summed E-state index contributed by atoms with van der Waals surface area (Å²) >= 11 is 1.52. The van der Waals surface area contributed by atoms with Gasteiger partial charge in [-0.25, -0.2) is 13.4 Å². The van der Waals surface area contributed by atoms with Crippen molar-refractivity contribution in [3.05, 3.63) is 78.0 Å². The fraction of sp³-hybridized carbons (Fsp3) is 0.0556. The van der Waals surface area contributed by atoms with Gasteiger partial charge in [-0.3, -0.25) is 4.72 Å². The fourth-order valence-electron chi connectivity index (χ4n) is 2.08. The zero-order valence-electron chi connectivity index (χ0n) is 13.5. The second-order valence-corrected chi connectivity index (χ2v) is 7.91. The van der Waals surface area contributed by atoms with E-state index in [9.17, 15) is 8.42 Å². The molecule has 5 nitrogen and oxygen atoms in total. The predicted octanol–water partition coefficient (Wildman–Crippen LogP) is 3.98. The number of nitrogens with zero attached hydrogens (tertiary/aromatic N) is 2. The summed E-state index contributed by atoms with van der Waals surface area (Å²) in [5, 5.41) is 2.04. The lowest BCUT2D eigenvalue weighted by Crippen LogP contribution is -2.08. The Morgan fingerprint density at radius 1 is 1.08 bits per heavy atom. The third-order valence-corrected chi connectivity index (χ3v) is 5.44. The smallest absolute Gasteiger partial charge is 0.255 e. The number of hydrogen-bond donors (Lipinski definition) is 1. The van der Waals surface area contributed by atoms with Crippen LogP contribution in [0.3, 0.4) is 0 Å². The lowest BCUT2D eigenvalue weighted by Gasteiger charge is -2.06. The first-order valence-corrected chi connectivity index (χ1v) is 9.89. The van der Waals surface area contributed by atoms with E-state index in [1.807, 2.05) is 60.3 Å². The second kappa shape index (κ2) is 7.58. The number of aromatic nitrogens is 2. The molecule has 3 rings (SSSR count). The van der Waals surface area contributed by atoms with Crippen molar-refractivity contribution in [1.82, 2.24) is 9.55 Å². The minimum Gasteiger partial charge on any atom is -0.329 e. The topological polar surface area (TPSA) is 64.0 Å². The quantitative estimate of drug-likeness (QED) is 0.712. The van der Waals surface area contributed by atoms with Gasteiger partial charge in [-0.2, -0.15) is 0 Å². The first-order chi connectivity index (χ1) is 12.0. The van der Waals surface area contributed by atoms with E-state index in [1.165, 1.54) is 17.2 Å². The van der Waals surface area contributed by atoms with Crippen LogP contribution in [-0.2, 0) is 17.1 Å². The van der Waals surface area contributed by atoms with Gasteiger partial charge in [0, 0.05) is 30.0 Å². The van der Waals surface area contributed by atoms with E-state index in [2.05, 4.69) is 9.71 Å². The van der Waals surface area contributed by atoms with Crippen LogP contribution in [0.5, 0.6) is 0 Å². The van der Waals surface area contributed by atoms with Crippen LogP contribution >= 0.6 is 11.8 Å². The summed E-state index contributed by atoms with van der Waals surface area (Å²) in [6.45, 7) is 0. The highest BCUT2D eigenvalue weighted by Crippen LogP contribution is 2.27. The summed E-state index contributed by atoms with van der Waals surface area (Å²) in [6, 6.07) is 16.5. The molecule has 0 spiro atoms. The van der Waals surface area contributed by atoms with Crippen LogP contribution in [0, 0.1) is 0 Å². The third-order valence-electron chi connectivity index (χ3n) is 3.34. The molecular formula is C18H17N3O2S2. The van der Waals surface area contributed by atoms with Crippen LogP contribution in [0.25, 0.3) is 6.08 Å². The second-order valence-electron chi connectivity index (χ2n) is 5.31. The van der Waals surface area contributed by atoms with Gasteiger partial charge in [0.1, 0.15) is 0 Å². The predicted molar refractivity (Wildman–Crippen MR) is 102 cm³/mol. The summed E-state index contributed by atoms with van der Waals surface area (Å²) in [4.78, 5) is 5.23. The Hall–Kier alpha value is -2.51. The maximum atomic E-state index is 12.1. The van der Waals surface area contributed by atoms with Crippen LogP contribution < -0.4 is 4.72 Å². The standard InChI is InChI=1S/C18H17N3O2S2/c1-21-13-12-19-18(21)24-17-9-7-16(8-10-17)20-25(22,23)14-11-15-5-3-2-4-6-15/h2-14,20H,1H3/b14-11+. The van der Waals surface area contributed by atoms with Crippen LogP contribution in [0.2, 0.25) is 0 Å². The number of imidazole rings is 1. The largest absolute Gasteiger partial charge is 0.329 e. The van der Waals surface area contributed by atoms with Gasteiger partial charge in [0.05, 0.1) is 5.41 Å². The molecule has 1 N–H and O–H groups in total. The average molecular weight is 371 g/mol. The van der Waals surface area contributed by atoms with Gasteiger partial charge in [0.15, 0.2) is 5.16 Å². The zero-order valence-corrected chi connectivity index (χ0v) is 15.2. The van der Waals surface area contributed by atoms with E-state index in [4.69, 9.17) is 0 Å². The molecule has 0 aliphatic carbocycles. The number of nitrogens with one attached hydrogen (secondary N) is 1. The Bertz CT molecular complexity index is 963. The monoisotopic (exact) mass is 371 g/mol. The van der Waals surface area contributed by atoms with Crippen molar-refractivity contribution in [1.29, 1.82) is 0 Å². The number of rotatable bonds is 6. The molecule has 128 valence electrons. The van der Waals surface area contributed by atoms with Crippen molar-refractivity contribution in [2.75, 3.05) is 4.72 Å². The van der Waals surface area contributed by atoms with Crippen molar-refractivity contribution >= 4 is 33.5 Å². The summed E-state index contributed by atoms with van der Waals surface area (Å²) in [5.41, 5.74) is 1.34. The van der Waals surface area contributed by atoms with Gasteiger partial charge in [-0.15, -0.1) is 0 Å². The molecule has 0 amide bonds. The summed E-state index contributed by atoms with van der Waals surface area (Å²) in [5.74, 6) is 0. The van der Waals surface area contributed by atoms with Crippen LogP contribution in [0.4, 0.5) is 5.69 Å². The molecule has 0 saturated heterocycles. The number of hydrogen-bond acceptors (Lipinski definition) is 4. The van der Waals surface area contributed by atoms with Crippen molar-refractivity contribution in [3.63, 3.8) is 0 Å². The van der Waals surface area contributed by atoms with Gasteiger partial charge in [0.25, 0.3) is 10.0 Å². The highest BCUT2D eigenvalue weighted by atomic mass is 32.2. The molecule has 25 heavy (non-hydrogen) atoms. The molecule has 7 heteroatoms. The molecule has 2 aromatic carbocycles. The van der Waals surface area contributed by atoms with Gasteiger partial charge >= 0.3 is 0 Å². The summed E-state index contributed by atoms with van der Waals surface area (Å²) in [7, 11) is -1.63. The van der Waals surface area contributed by atoms with Gasteiger partial charge in [0.2, 0.25) is 0 Å². The van der Waals surface area contributed by atoms with E-state index >= 15 is 0 Å². The maximum Gasteiger partial charge on any atom is 0.255 e. The molecule has 0 radical (unpaired) electrons. The number of anilines is 1. The number of sulfonamides is 1. The van der Waals surface area contributed by atoms with Crippen molar-refractivity contribution in [2.45, 2.75) is 10.1 Å². The van der Waals surface area contributed by atoms with Gasteiger partial charge in [-0.05, 0) is 35.9 Å². The summed E-state index contributed by atoms with van der Waals surface area (Å²) in [6.07, 6.45) is 5.18. The van der Waals surface area contributed by atoms with E-state index < -0.39 is 10.0 Å². The SMILES string of the molecule is Cn1ccnc1Sc1ccc(NS(=O)(=O)/C=C/c2ccccc2)cc1. The minimum absolute atomic E-state index is 0.516. The van der Waals surface area contributed by atoms with E-state index in [-0.39, 0.29) is 0 Å². The molecule has 3 aromatic rings. The lowest BCUT2D eigenvalue weighted by molar-refractivity contribution is 0.609. The molecule has 0 fully saturated rings. The number of benzene rings is 2. The van der Waals surface area contributed by atoms with Crippen LogP contribution in [0.15, 0.2) is 82.5 Å². The Kier molecular flexibility index (Phi) is 5.25. The highest BCUT2D eigenvalue weighted by Gasteiger charge is 2.07. The Morgan fingerprint density at radius 2 is 1.80 bits per heavy atom. The van der Waals surface area contributed by atoms with E-state index in [1.54, 1.807) is 24.4 Å². The fourth-order valence-corrected chi connectivity index (χ4v) is 3.75. The van der Waals surface area contributed by atoms with Crippen LogP contribution in [0.1, 0.15) is 5.56 Å².